The average molecular weight is 309 g/mol. The van der Waals surface area contributed by atoms with Gasteiger partial charge in [-0.3, -0.25) is 0 Å². The van der Waals surface area contributed by atoms with Crippen LogP contribution < -0.4 is 4.74 Å². The summed E-state index contributed by atoms with van der Waals surface area (Å²) >= 11 is 0. The molecule has 118 valence electrons. The Kier molecular flexibility index (Phi) is 4.62. The van der Waals surface area contributed by atoms with Crippen LogP contribution in [0.5, 0.6) is 5.75 Å². The van der Waals surface area contributed by atoms with Crippen LogP contribution in [0.2, 0.25) is 0 Å². The van der Waals surface area contributed by atoms with Crippen molar-refractivity contribution >= 4 is 16.9 Å². The summed E-state index contributed by atoms with van der Waals surface area (Å²) in [5.41, 5.74) is 2.44. The van der Waals surface area contributed by atoms with E-state index >= 15 is 0 Å². The van der Waals surface area contributed by atoms with E-state index in [9.17, 15) is 4.79 Å². The van der Waals surface area contributed by atoms with Gasteiger partial charge in [0.1, 0.15) is 0 Å². The fraction of sp³-hybridized carbons (Fsp3) is 0.211. The third-order valence-electron chi connectivity index (χ3n) is 3.62. The van der Waals surface area contributed by atoms with Gasteiger partial charge in [-0.2, -0.15) is 0 Å². The Morgan fingerprint density at radius 3 is 2.57 bits per heavy atom. The number of esters is 1. The van der Waals surface area contributed by atoms with E-state index in [1.807, 2.05) is 42.5 Å². The van der Waals surface area contributed by atoms with E-state index in [1.165, 1.54) is 5.56 Å². The molecule has 0 radical (unpaired) electrons. The number of hydrogen-bond donors (Lipinski definition) is 1. The third-order valence-corrected chi connectivity index (χ3v) is 3.62. The van der Waals surface area contributed by atoms with Crippen LogP contribution in [0, 0.1) is 0 Å². The van der Waals surface area contributed by atoms with Crippen LogP contribution in [0.3, 0.4) is 0 Å². The lowest BCUT2D eigenvalue weighted by Gasteiger charge is -2.08. The van der Waals surface area contributed by atoms with Crippen LogP contribution in [0.25, 0.3) is 10.9 Å². The average Bonchev–Trinajstić information content (AvgIpc) is 2.95. The van der Waals surface area contributed by atoms with Crippen LogP contribution in [0.15, 0.2) is 54.6 Å². The van der Waals surface area contributed by atoms with Gasteiger partial charge in [-0.1, -0.05) is 42.5 Å². The number of aromatic amines is 1. The van der Waals surface area contributed by atoms with Gasteiger partial charge in [0.25, 0.3) is 0 Å². The molecule has 0 bridgehead atoms. The Labute approximate surface area is 135 Å². The van der Waals surface area contributed by atoms with Gasteiger partial charge in [-0.15, -0.1) is 0 Å². The van der Waals surface area contributed by atoms with E-state index in [1.54, 1.807) is 6.92 Å². The number of hydrogen-bond acceptors (Lipinski definition) is 3. The van der Waals surface area contributed by atoms with Crippen molar-refractivity contribution in [2.75, 3.05) is 13.2 Å². The van der Waals surface area contributed by atoms with Gasteiger partial charge in [0, 0.05) is 17.3 Å². The predicted molar refractivity (Wildman–Crippen MR) is 89.9 cm³/mol. The fourth-order valence-electron chi connectivity index (χ4n) is 2.53. The number of carbonyl (C=O) groups is 1. The molecule has 2 aromatic carbocycles. The molecular formula is C19H19NO3. The molecule has 3 aromatic rings. The molecule has 1 N–H and O–H groups in total. The predicted octanol–water partition coefficient (Wildman–Crippen LogP) is 3.97. The van der Waals surface area contributed by atoms with Gasteiger partial charge in [0.2, 0.25) is 0 Å². The minimum absolute atomic E-state index is 0.331. The van der Waals surface area contributed by atoms with Crippen LogP contribution in [-0.2, 0) is 11.2 Å². The first kappa shape index (κ1) is 15.2. The summed E-state index contributed by atoms with van der Waals surface area (Å²) in [6.45, 7) is 2.62. The normalized spacial score (nSPS) is 10.7. The van der Waals surface area contributed by atoms with E-state index in [2.05, 4.69) is 17.1 Å². The molecule has 1 heterocycles. The standard InChI is InChI=1S/C19H19NO3/c1-2-22-19(21)17-18(15-10-6-7-11-16(15)20-17)23-13-12-14-8-4-3-5-9-14/h3-11,20H,2,12-13H2,1H3. The molecule has 0 aliphatic heterocycles. The molecule has 0 spiro atoms. The fourth-order valence-corrected chi connectivity index (χ4v) is 2.53. The molecule has 4 nitrogen and oxygen atoms in total. The third kappa shape index (κ3) is 3.37. The maximum atomic E-state index is 12.1. The Bertz CT molecular complexity index is 793. The van der Waals surface area contributed by atoms with E-state index in [4.69, 9.17) is 9.47 Å². The van der Waals surface area contributed by atoms with Crippen molar-refractivity contribution in [1.82, 2.24) is 4.98 Å². The van der Waals surface area contributed by atoms with Crippen molar-refractivity contribution in [2.24, 2.45) is 0 Å². The Hall–Kier alpha value is -2.75. The zero-order valence-corrected chi connectivity index (χ0v) is 13.0. The minimum Gasteiger partial charge on any atom is -0.490 e. The molecule has 0 saturated heterocycles. The van der Waals surface area contributed by atoms with Crippen LogP contribution >= 0.6 is 0 Å². The smallest absolute Gasteiger partial charge is 0.358 e. The summed E-state index contributed by atoms with van der Waals surface area (Å²) in [5, 5.41) is 0.892. The molecule has 4 heteroatoms. The molecule has 0 unspecified atom stereocenters. The van der Waals surface area contributed by atoms with Crippen molar-refractivity contribution in [3.05, 3.63) is 65.9 Å². The van der Waals surface area contributed by atoms with Crippen molar-refractivity contribution in [3.63, 3.8) is 0 Å². The SMILES string of the molecule is CCOC(=O)c1[nH]c2ccccc2c1OCCc1ccccc1. The highest BCUT2D eigenvalue weighted by atomic mass is 16.5. The lowest BCUT2D eigenvalue weighted by molar-refractivity contribution is 0.0516. The maximum Gasteiger partial charge on any atom is 0.358 e. The highest BCUT2D eigenvalue weighted by molar-refractivity contribution is 6.00. The van der Waals surface area contributed by atoms with E-state index in [0.717, 1.165) is 17.3 Å². The number of rotatable bonds is 6. The highest BCUT2D eigenvalue weighted by Crippen LogP contribution is 2.30. The van der Waals surface area contributed by atoms with Crippen molar-refractivity contribution in [3.8, 4) is 5.75 Å². The summed E-state index contributed by atoms with van der Waals surface area (Å²) < 4.78 is 11.0. The molecule has 0 fully saturated rings. The van der Waals surface area contributed by atoms with E-state index in [-0.39, 0.29) is 0 Å². The van der Waals surface area contributed by atoms with Gasteiger partial charge in [-0.05, 0) is 24.6 Å². The van der Waals surface area contributed by atoms with Crippen molar-refractivity contribution in [2.45, 2.75) is 13.3 Å². The van der Waals surface area contributed by atoms with Gasteiger partial charge < -0.3 is 14.5 Å². The molecule has 23 heavy (non-hydrogen) atoms. The lowest BCUT2D eigenvalue weighted by Crippen LogP contribution is -2.09. The quantitative estimate of drug-likeness (QED) is 0.701. The number of carbonyl (C=O) groups excluding carboxylic acids is 1. The topological polar surface area (TPSA) is 51.3 Å². The first-order valence-electron chi connectivity index (χ1n) is 7.74. The molecule has 0 saturated carbocycles. The second kappa shape index (κ2) is 7.01. The zero-order chi connectivity index (χ0) is 16.1. The molecule has 3 rings (SSSR count). The summed E-state index contributed by atoms with van der Waals surface area (Å²) in [5.74, 6) is 0.174. The van der Waals surface area contributed by atoms with Crippen LogP contribution in [0.1, 0.15) is 23.0 Å². The van der Waals surface area contributed by atoms with Crippen LogP contribution in [0.4, 0.5) is 0 Å². The van der Waals surface area contributed by atoms with Crippen molar-refractivity contribution < 1.29 is 14.3 Å². The molecule has 1 aromatic heterocycles. The Balaban J connectivity index is 1.82. The minimum atomic E-state index is -0.390. The molecule has 0 amide bonds. The molecule has 0 atom stereocenters. The lowest BCUT2D eigenvalue weighted by atomic mass is 10.2. The van der Waals surface area contributed by atoms with Crippen LogP contribution in [-0.4, -0.2) is 24.2 Å². The zero-order valence-electron chi connectivity index (χ0n) is 13.0. The van der Waals surface area contributed by atoms with Gasteiger partial charge in [0.05, 0.1) is 13.2 Å². The van der Waals surface area contributed by atoms with Gasteiger partial charge >= 0.3 is 5.97 Å². The maximum absolute atomic E-state index is 12.1. The first-order chi connectivity index (χ1) is 11.3. The summed E-state index contributed by atoms with van der Waals surface area (Å²) in [6, 6.07) is 17.8. The number of benzene rings is 2. The van der Waals surface area contributed by atoms with Gasteiger partial charge in [-0.25, -0.2) is 4.79 Å². The van der Waals surface area contributed by atoms with E-state index in [0.29, 0.717) is 24.7 Å². The molecular weight excluding hydrogens is 290 g/mol. The first-order valence-corrected chi connectivity index (χ1v) is 7.74. The Morgan fingerprint density at radius 1 is 1.04 bits per heavy atom. The number of para-hydroxylation sites is 1. The number of aromatic nitrogens is 1. The molecule has 0 aliphatic rings. The Morgan fingerprint density at radius 2 is 1.78 bits per heavy atom. The highest BCUT2D eigenvalue weighted by Gasteiger charge is 2.20. The summed E-state index contributed by atoms with van der Waals surface area (Å²) in [6.07, 6.45) is 0.780. The summed E-state index contributed by atoms with van der Waals surface area (Å²) in [4.78, 5) is 15.2. The largest absolute Gasteiger partial charge is 0.490 e. The number of ether oxygens (including phenoxy) is 2. The summed E-state index contributed by atoms with van der Waals surface area (Å²) in [7, 11) is 0. The van der Waals surface area contributed by atoms with Crippen molar-refractivity contribution in [1.29, 1.82) is 0 Å². The number of nitrogens with one attached hydrogen (secondary N) is 1. The second-order valence-corrected chi connectivity index (χ2v) is 5.18. The number of H-pyrrole nitrogens is 1. The van der Waals surface area contributed by atoms with E-state index < -0.39 is 5.97 Å². The number of fused-ring (bicyclic) bond motifs is 1. The second-order valence-electron chi connectivity index (χ2n) is 5.18. The molecule has 0 aliphatic carbocycles. The monoisotopic (exact) mass is 309 g/mol. The van der Waals surface area contributed by atoms with Gasteiger partial charge in [0.15, 0.2) is 11.4 Å².